The Kier molecular flexibility index (Phi) is 6.14. The monoisotopic (exact) mass is 254 g/mol. The zero-order valence-corrected chi connectivity index (χ0v) is 10.5. The van der Waals surface area contributed by atoms with Gasteiger partial charge in [0.25, 0.3) is 0 Å². The molecule has 5 heteroatoms. The summed E-state index contributed by atoms with van der Waals surface area (Å²) in [5.74, 6) is -0.176. The Labute approximate surface area is 106 Å². The highest BCUT2D eigenvalue weighted by atomic mass is 19.1. The Bertz CT molecular complexity index is 397. The average Bonchev–Trinajstić information content (AvgIpc) is 2.36. The van der Waals surface area contributed by atoms with Crippen molar-refractivity contribution in [1.82, 2.24) is 5.32 Å². The lowest BCUT2D eigenvalue weighted by Gasteiger charge is -2.06. The average molecular weight is 254 g/mol. The quantitative estimate of drug-likeness (QED) is 0.769. The lowest BCUT2D eigenvalue weighted by molar-refractivity contribution is -0.121. The number of nitrogens with one attached hydrogen (secondary N) is 1. The summed E-state index contributed by atoms with van der Waals surface area (Å²) in [6.45, 7) is 1.01. The van der Waals surface area contributed by atoms with E-state index in [1.807, 2.05) is 0 Å². The van der Waals surface area contributed by atoms with Crippen LogP contribution in [0.2, 0.25) is 0 Å². The van der Waals surface area contributed by atoms with Crippen LogP contribution in [0.25, 0.3) is 0 Å². The van der Waals surface area contributed by atoms with E-state index in [1.54, 1.807) is 12.1 Å². The normalized spacial score (nSPS) is 10.2. The third kappa shape index (κ3) is 4.71. The molecule has 0 radical (unpaired) electrons. The molecule has 0 atom stereocenters. The van der Waals surface area contributed by atoms with Crippen LogP contribution >= 0.6 is 0 Å². The smallest absolute Gasteiger partial charge is 0.220 e. The Morgan fingerprint density at radius 2 is 2.28 bits per heavy atom. The fourth-order valence-electron chi connectivity index (χ4n) is 1.56. The van der Waals surface area contributed by atoms with Crippen LogP contribution < -0.4 is 15.8 Å². The van der Waals surface area contributed by atoms with Crippen molar-refractivity contribution in [2.75, 3.05) is 20.2 Å². The molecule has 0 aliphatic carbocycles. The topological polar surface area (TPSA) is 64.3 Å². The molecule has 0 heterocycles. The van der Waals surface area contributed by atoms with E-state index in [1.165, 1.54) is 13.2 Å². The predicted octanol–water partition coefficient (Wildman–Crippen LogP) is 1.23. The molecular weight excluding hydrogens is 235 g/mol. The first-order chi connectivity index (χ1) is 8.67. The predicted molar refractivity (Wildman–Crippen MR) is 68.0 cm³/mol. The number of benzene rings is 1. The second-order valence-electron chi connectivity index (χ2n) is 3.96. The number of carbonyl (C=O) groups is 1. The molecule has 0 aliphatic rings. The molecule has 4 nitrogen and oxygen atoms in total. The maximum Gasteiger partial charge on any atom is 0.220 e. The summed E-state index contributed by atoms with van der Waals surface area (Å²) < 4.78 is 18.2. The Balaban J connectivity index is 2.35. The lowest BCUT2D eigenvalue weighted by atomic mass is 10.1. The van der Waals surface area contributed by atoms with E-state index in [4.69, 9.17) is 10.5 Å². The largest absolute Gasteiger partial charge is 0.494 e. The van der Waals surface area contributed by atoms with Gasteiger partial charge in [-0.25, -0.2) is 4.39 Å². The first-order valence-electron chi connectivity index (χ1n) is 5.96. The van der Waals surface area contributed by atoms with Crippen LogP contribution in [0.15, 0.2) is 18.2 Å². The van der Waals surface area contributed by atoms with E-state index >= 15 is 0 Å². The molecule has 0 bridgehead atoms. The van der Waals surface area contributed by atoms with E-state index in [9.17, 15) is 9.18 Å². The van der Waals surface area contributed by atoms with Gasteiger partial charge in [-0.3, -0.25) is 4.79 Å². The third-order valence-electron chi connectivity index (χ3n) is 2.56. The second kappa shape index (κ2) is 7.66. The maximum absolute atomic E-state index is 13.4. The van der Waals surface area contributed by atoms with E-state index in [-0.39, 0.29) is 17.5 Å². The number of hydrogen-bond donors (Lipinski definition) is 2. The summed E-state index contributed by atoms with van der Waals surface area (Å²) in [5.41, 5.74) is 6.13. The van der Waals surface area contributed by atoms with Gasteiger partial charge in [0.1, 0.15) is 0 Å². The van der Waals surface area contributed by atoms with Crippen LogP contribution in [0.1, 0.15) is 18.4 Å². The zero-order valence-electron chi connectivity index (χ0n) is 10.5. The summed E-state index contributed by atoms with van der Waals surface area (Å²) in [7, 11) is 1.43. The molecule has 1 aromatic carbocycles. The van der Waals surface area contributed by atoms with E-state index in [0.29, 0.717) is 32.4 Å². The summed E-state index contributed by atoms with van der Waals surface area (Å²) in [6, 6.07) is 4.79. The SMILES string of the molecule is COc1ccc(CCNC(=O)CCCN)cc1F. The summed E-state index contributed by atoms with van der Waals surface area (Å²) in [5, 5.41) is 2.77. The Hall–Kier alpha value is -1.62. The molecule has 0 unspecified atom stereocenters. The summed E-state index contributed by atoms with van der Waals surface area (Å²) in [6.07, 6.45) is 1.71. The highest BCUT2D eigenvalue weighted by molar-refractivity contribution is 5.75. The van der Waals surface area contributed by atoms with Gasteiger partial charge in [0.15, 0.2) is 11.6 Å². The van der Waals surface area contributed by atoms with Crippen LogP contribution in [0.3, 0.4) is 0 Å². The molecule has 1 rings (SSSR count). The Morgan fingerprint density at radius 3 is 2.89 bits per heavy atom. The van der Waals surface area contributed by atoms with Crippen molar-refractivity contribution < 1.29 is 13.9 Å². The van der Waals surface area contributed by atoms with Crippen LogP contribution in [0.4, 0.5) is 4.39 Å². The van der Waals surface area contributed by atoms with E-state index in [0.717, 1.165) is 5.56 Å². The van der Waals surface area contributed by atoms with Crippen LogP contribution in [-0.4, -0.2) is 26.1 Å². The van der Waals surface area contributed by atoms with Gasteiger partial charge in [-0.2, -0.15) is 0 Å². The molecule has 100 valence electrons. The molecule has 1 amide bonds. The van der Waals surface area contributed by atoms with Crippen LogP contribution in [0.5, 0.6) is 5.75 Å². The second-order valence-corrected chi connectivity index (χ2v) is 3.96. The van der Waals surface area contributed by atoms with Crippen molar-refractivity contribution in [2.45, 2.75) is 19.3 Å². The fraction of sp³-hybridized carbons (Fsp3) is 0.462. The number of rotatable bonds is 7. The Morgan fingerprint density at radius 1 is 1.50 bits per heavy atom. The summed E-state index contributed by atoms with van der Waals surface area (Å²) in [4.78, 5) is 11.3. The number of hydrogen-bond acceptors (Lipinski definition) is 3. The van der Waals surface area contributed by atoms with E-state index in [2.05, 4.69) is 5.32 Å². The summed E-state index contributed by atoms with van der Waals surface area (Å²) >= 11 is 0. The number of ether oxygens (including phenoxy) is 1. The molecule has 0 aliphatic heterocycles. The molecule has 3 N–H and O–H groups in total. The molecule has 18 heavy (non-hydrogen) atoms. The minimum Gasteiger partial charge on any atom is -0.494 e. The van der Waals surface area contributed by atoms with Gasteiger partial charge < -0.3 is 15.8 Å². The molecule has 0 saturated carbocycles. The van der Waals surface area contributed by atoms with Gasteiger partial charge in [-0.05, 0) is 37.1 Å². The lowest BCUT2D eigenvalue weighted by Crippen LogP contribution is -2.26. The van der Waals surface area contributed by atoms with Gasteiger partial charge in [0, 0.05) is 13.0 Å². The number of carbonyl (C=O) groups excluding carboxylic acids is 1. The minimum atomic E-state index is -0.385. The number of halogens is 1. The van der Waals surface area contributed by atoms with Gasteiger partial charge >= 0.3 is 0 Å². The first-order valence-corrected chi connectivity index (χ1v) is 5.96. The van der Waals surface area contributed by atoms with E-state index < -0.39 is 0 Å². The van der Waals surface area contributed by atoms with Crippen LogP contribution in [-0.2, 0) is 11.2 Å². The number of amides is 1. The number of methoxy groups -OCH3 is 1. The molecule has 1 aromatic rings. The molecule has 0 fully saturated rings. The number of nitrogens with two attached hydrogens (primary N) is 1. The van der Waals surface area contributed by atoms with Crippen LogP contribution in [0, 0.1) is 5.82 Å². The van der Waals surface area contributed by atoms with Crippen molar-refractivity contribution in [2.24, 2.45) is 5.73 Å². The maximum atomic E-state index is 13.4. The first kappa shape index (κ1) is 14.4. The van der Waals surface area contributed by atoms with Gasteiger partial charge in [0.05, 0.1) is 7.11 Å². The zero-order chi connectivity index (χ0) is 13.4. The highest BCUT2D eigenvalue weighted by Gasteiger charge is 2.04. The molecular formula is C13H19FN2O2. The minimum absolute atomic E-state index is 0.0190. The molecule has 0 saturated heterocycles. The molecule has 0 aromatic heterocycles. The van der Waals surface area contributed by atoms with Gasteiger partial charge in [-0.1, -0.05) is 6.07 Å². The fourth-order valence-corrected chi connectivity index (χ4v) is 1.56. The van der Waals surface area contributed by atoms with Gasteiger partial charge in [0.2, 0.25) is 5.91 Å². The van der Waals surface area contributed by atoms with Gasteiger partial charge in [-0.15, -0.1) is 0 Å². The van der Waals surface area contributed by atoms with Crippen molar-refractivity contribution in [3.05, 3.63) is 29.6 Å². The highest BCUT2D eigenvalue weighted by Crippen LogP contribution is 2.17. The van der Waals surface area contributed by atoms with Crippen molar-refractivity contribution >= 4 is 5.91 Å². The van der Waals surface area contributed by atoms with Crippen molar-refractivity contribution in [1.29, 1.82) is 0 Å². The molecule has 0 spiro atoms. The van der Waals surface area contributed by atoms with Crippen molar-refractivity contribution in [3.8, 4) is 5.75 Å². The standard InChI is InChI=1S/C13H19FN2O2/c1-18-12-5-4-10(9-11(12)14)6-8-16-13(17)3-2-7-15/h4-5,9H,2-3,6-8,15H2,1H3,(H,16,17). The van der Waals surface area contributed by atoms with Crippen molar-refractivity contribution in [3.63, 3.8) is 0 Å². The third-order valence-corrected chi connectivity index (χ3v) is 2.56.